The zero-order valence-electron chi connectivity index (χ0n) is 11.7. The molecular formula is C13H15N3O6. The first kappa shape index (κ1) is 15.7. The molecule has 1 fully saturated rings. The SMILES string of the molecule is NC(=O)COC(=O)c1cc([N+](=O)[O-])ccc1N1CCOCC1. The molecule has 1 aliphatic rings. The van der Waals surface area contributed by atoms with E-state index in [1.54, 1.807) is 0 Å². The number of carbonyl (C=O) groups excluding carboxylic acids is 2. The first-order chi connectivity index (χ1) is 10.5. The Morgan fingerprint density at radius 2 is 2.05 bits per heavy atom. The summed E-state index contributed by atoms with van der Waals surface area (Å²) in [4.78, 5) is 34.9. The van der Waals surface area contributed by atoms with Crippen molar-refractivity contribution in [2.45, 2.75) is 0 Å². The van der Waals surface area contributed by atoms with E-state index in [2.05, 4.69) is 0 Å². The van der Waals surface area contributed by atoms with Crippen molar-refractivity contribution in [3.63, 3.8) is 0 Å². The van der Waals surface area contributed by atoms with Crippen LogP contribution in [0.1, 0.15) is 10.4 Å². The predicted octanol–water partition coefficient (Wildman–Crippen LogP) is 0.0735. The first-order valence-corrected chi connectivity index (χ1v) is 6.55. The highest BCUT2D eigenvalue weighted by molar-refractivity contribution is 5.97. The number of esters is 1. The van der Waals surface area contributed by atoms with Gasteiger partial charge in [0.2, 0.25) is 0 Å². The lowest BCUT2D eigenvalue weighted by molar-refractivity contribution is -0.384. The molecule has 0 bridgehead atoms. The number of nitro benzene ring substituents is 1. The number of benzene rings is 1. The van der Waals surface area contributed by atoms with Crippen molar-refractivity contribution in [1.29, 1.82) is 0 Å². The Kier molecular flexibility index (Phi) is 4.89. The summed E-state index contributed by atoms with van der Waals surface area (Å²) in [6, 6.07) is 3.94. The Balaban J connectivity index is 2.32. The van der Waals surface area contributed by atoms with Crippen LogP contribution in [0.15, 0.2) is 18.2 Å². The highest BCUT2D eigenvalue weighted by Crippen LogP contribution is 2.27. The molecule has 1 amide bonds. The normalized spacial score (nSPS) is 14.5. The Morgan fingerprint density at radius 3 is 2.64 bits per heavy atom. The number of nitro groups is 1. The summed E-state index contributed by atoms with van der Waals surface area (Å²) in [5.74, 6) is -1.63. The van der Waals surface area contributed by atoms with Gasteiger partial charge in [0, 0.05) is 25.2 Å². The van der Waals surface area contributed by atoms with Crippen LogP contribution in [0.5, 0.6) is 0 Å². The molecule has 22 heavy (non-hydrogen) atoms. The summed E-state index contributed by atoms with van der Waals surface area (Å²) < 4.78 is 10.00. The second-order valence-electron chi connectivity index (χ2n) is 4.60. The first-order valence-electron chi connectivity index (χ1n) is 6.55. The zero-order chi connectivity index (χ0) is 16.1. The summed E-state index contributed by atoms with van der Waals surface area (Å²) in [7, 11) is 0. The Morgan fingerprint density at radius 1 is 1.36 bits per heavy atom. The van der Waals surface area contributed by atoms with E-state index in [-0.39, 0.29) is 11.3 Å². The molecule has 1 aromatic rings. The molecule has 1 aromatic carbocycles. The van der Waals surface area contributed by atoms with E-state index in [1.165, 1.54) is 12.1 Å². The van der Waals surface area contributed by atoms with Crippen molar-refractivity contribution < 1.29 is 24.0 Å². The Bertz CT molecular complexity index is 597. The maximum absolute atomic E-state index is 12.1. The van der Waals surface area contributed by atoms with Crippen LogP contribution in [0.4, 0.5) is 11.4 Å². The van der Waals surface area contributed by atoms with E-state index in [0.717, 1.165) is 6.07 Å². The summed E-state index contributed by atoms with van der Waals surface area (Å²) in [6.45, 7) is 1.51. The van der Waals surface area contributed by atoms with Crippen molar-refractivity contribution in [3.8, 4) is 0 Å². The van der Waals surface area contributed by atoms with Crippen LogP contribution in [-0.2, 0) is 14.3 Å². The molecular weight excluding hydrogens is 294 g/mol. The van der Waals surface area contributed by atoms with Gasteiger partial charge in [-0.25, -0.2) is 4.79 Å². The molecule has 0 unspecified atom stereocenters. The minimum Gasteiger partial charge on any atom is -0.452 e. The monoisotopic (exact) mass is 309 g/mol. The van der Waals surface area contributed by atoms with Crippen LogP contribution < -0.4 is 10.6 Å². The van der Waals surface area contributed by atoms with E-state index in [4.69, 9.17) is 15.2 Å². The summed E-state index contributed by atoms with van der Waals surface area (Å²) in [5, 5.41) is 10.9. The predicted molar refractivity (Wildman–Crippen MR) is 75.6 cm³/mol. The highest BCUT2D eigenvalue weighted by Gasteiger charge is 2.23. The van der Waals surface area contributed by atoms with Gasteiger partial charge >= 0.3 is 5.97 Å². The summed E-state index contributed by atoms with van der Waals surface area (Å²) in [5.41, 5.74) is 5.22. The molecule has 1 saturated heterocycles. The Hall–Kier alpha value is -2.68. The number of nitrogens with zero attached hydrogens (tertiary/aromatic N) is 2. The molecule has 9 nitrogen and oxygen atoms in total. The van der Waals surface area contributed by atoms with Crippen LogP contribution in [0.25, 0.3) is 0 Å². The average molecular weight is 309 g/mol. The van der Waals surface area contributed by atoms with Crippen LogP contribution >= 0.6 is 0 Å². The molecule has 0 saturated carbocycles. The van der Waals surface area contributed by atoms with Gasteiger partial charge in [-0.3, -0.25) is 14.9 Å². The van der Waals surface area contributed by atoms with E-state index in [9.17, 15) is 19.7 Å². The van der Waals surface area contributed by atoms with Crippen molar-refractivity contribution in [2.75, 3.05) is 37.8 Å². The van der Waals surface area contributed by atoms with Crippen molar-refractivity contribution in [3.05, 3.63) is 33.9 Å². The number of rotatable bonds is 5. The van der Waals surface area contributed by atoms with Gasteiger partial charge in [0.05, 0.1) is 29.4 Å². The molecule has 0 aromatic heterocycles. The van der Waals surface area contributed by atoms with Crippen molar-refractivity contribution in [2.24, 2.45) is 5.73 Å². The molecule has 2 N–H and O–H groups in total. The van der Waals surface area contributed by atoms with Crippen molar-refractivity contribution in [1.82, 2.24) is 0 Å². The molecule has 1 heterocycles. The van der Waals surface area contributed by atoms with Gasteiger partial charge in [-0.2, -0.15) is 0 Å². The minimum absolute atomic E-state index is 0.0253. The molecule has 0 atom stereocenters. The molecule has 118 valence electrons. The molecule has 1 aliphatic heterocycles. The Labute approximate surface area is 125 Å². The number of carbonyl (C=O) groups is 2. The number of morpholine rings is 1. The molecule has 0 radical (unpaired) electrons. The topological polar surface area (TPSA) is 125 Å². The summed E-state index contributed by atoms with van der Waals surface area (Å²) in [6.07, 6.45) is 0. The van der Waals surface area contributed by atoms with Gasteiger partial charge in [0.25, 0.3) is 11.6 Å². The van der Waals surface area contributed by atoms with Crippen molar-refractivity contribution >= 4 is 23.3 Å². The lowest BCUT2D eigenvalue weighted by atomic mass is 10.1. The number of primary amides is 1. The smallest absolute Gasteiger partial charge is 0.341 e. The van der Waals surface area contributed by atoms with Crippen LogP contribution in [0.2, 0.25) is 0 Å². The van der Waals surface area contributed by atoms with E-state index >= 15 is 0 Å². The van der Waals surface area contributed by atoms with Crippen LogP contribution in [0.3, 0.4) is 0 Å². The highest BCUT2D eigenvalue weighted by atomic mass is 16.6. The maximum Gasteiger partial charge on any atom is 0.341 e. The molecule has 0 spiro atoms. The number of amides is 1. The number of hydrogen-bond acceptors (Lipinski definition) is 7. The summed E-state index contributed by atoms with van der Waals surface area (Å²) >= 11 is 0. The van der Waals surface area contributed by atoms with Gasteiger partial charge in [-0.05, 0) is 6.07 Å². The van der Waals surface area contributed by atoms with Gasteiger partial charge in [-0.15, -0.1) is 0 Å². The lowest BCUT2D eigenvalue weighted by Gasteiger charge is -2.30. The van der Waals surface area contributed by atoms with Gasteiger partial charge in [0.15, 0.2) is 6.61 Å². The zero-order valence-corrected chi connectivity index (χ0v) is 11.7. The number of ether oxygens (including phenoxy) is 2. The van der Waals surface area contributed by atoms with Gasteiger partial charge < -0.3 is 20.1 Å². The van der Waals surface area contributed by atoms with Crippen LogP contribution in [-0.4, -0.2) is 49.7 Å². The second kappa shape index (κ2) is 6.85. The second-order valence-corrected chi connectivity index (χ2v) is 4.60. The minimum atomic E-state index is -0.830. The van der Waals surface area contributed by atoms with Crippen LogP contribution in [0, 0.1) is 10.1 Å². The van der Waals surface area contributed by atoms with E-state index in [0.29, 0.717) is 32.0 Å². The number of nitrogens with two attached hydrogens (primary N) is 1. The number of non-ortho nitro benzene ring substituents is 1. The standard InChI is InChI=1S/C13H15N3O6/c14-12(17)8-22-13(18)10-7-9(16(19)20)1-2-11(10)15-3-5-21-6-4-15/h1-2,7H,3-6,8H2,(H2,14,17). The largest absolute Gasteiger partial charge is 0.452 e. The molecule has 0 aliphatic carbocycles. The van der Waals surface area contributed by atoms with Gasteiger partial charge in [-0.1, -0.05) is 0 Å². The molecule has 9 heteroatoms. The number of anilines is 1. The van der Waals surface area contributed by atoms with E-state index in [1.807, 2.05) is 4.90 Å². The fourth-order valence-electron chi connectivity index (χ4n) is 2.10. The third-order valence-corrected chi connectivity index (χ3v) is 3.11. The fraction of sp³-hybridized carbons (Fsp3) is 0.385. The third-order valence-electron chi connectivity index (χ3n) is 3.11. The quantitative estimate of drug-likeness (QED) is 0.463. The molecule has 2 rings (SSSR count). The van der Waals surface area contributed by atoms with Gasteiger partial charge in [0.1, 0.15) is 0 Å². The third kappa shape index (κ3) is 3.70. The van der Waals surface area contributed by atoms with E-state index < -0.39 is 23.4 Å². The average Bonchev–Trinajstić information content (AvgIpc) is 2.52. The fourth-order valence-corrected chi connectivity index (χ4v) is 2.10. The lowest BCUT2D eigenvalue weighted by Crippen LogP contribution is -2.37. The number of hydrogen-bond donors (Lipinski definition) is 1. The maximum atomic E-state index is 12.1.